The Hall–Kier alpha value is -2.33. The lowest BCUT2D eigenvalue weighted by molar-refractivity contribution is -0.120. The standard InChI is InChI=1S/C20H19ClN4O3S2/c21-16-3-5-17(6-4-16)30(27,28)25-10-7-14(8-11-25)19(26)24-20-23-18(13-29-20)15-2-1-9-22-12-15/h1-6,9,12-14H,7-8,10-11H2,(H,23,24,26). The molecule has 4 rings (SSSR count). The summed E-state index contributed by atoms with van der Waals surface area (Å²) in [6, 6.07) is 9.85. The number of sulfonamides is 1. The summed E-state index contributed by atoms with van der Waals surface area (Å²) in [5.41, 5.74) is 1.64. The van der Waals surface area contributed by atoms with Crippen LogP contribution in [0.15, 0.2) is 59.1 Å². The van der Waals surface area contributed by atoms with Crippen molar-refractivity contribution in [1.29, 1.82) is 0 Å². The molecule has 0 saturated carbocycles. The van der Waals surface area contributed by atoms with Gasteiger partial charge in [0.15, 0.2) is 5.13 Å². The van der Waals surface area contributed by atoms with Gasteiger partial charge in [-0.3, -0.25) is 9.78 Å². The van der Waals surface area contributed by atoms with Gasteiger partial charge in [0.25, 0.3) is 0 Å². The molecule has 1 aromatic carbocycles. The molecule has 156 valence electrons. The molecule has 0 atom stereocenters. The number of amides is 1. The van der Waals surface area contributed by atoms with Crippen LogP contribution in [-0.2, 0) is 14.8 Å². The highest BCUT2D eigenvalue weighted by Crippen LogP contribution is 2.28. The van der Waals surface area contributed by atoms with Crippen molar-refractivity contribution in [3.63, 3.8) is 0 Å². The summed E-state index contributed by atoms with van der Waals surface area (Å²) in [6.45, 7) is 0.587. The second kappa shape index (κ2) is 8.81. The van der Waals surface area contributed by atoms with Gasteiger partial charge in [-0.25, -0.2) is 13.4 Å². The van der Waals surface area contributed by atoms with E-state index in [0.717, 1.165) is 11.3 Å². The van der Waals surface area contributed by atoms with Crippen molar-refractivity contribution >= 4 is 44.0 Å². The number of thiazole rings is 1. The minimum Gasteiger partial charge on any atom is -0.302 e. The molecule has 1 aliphatic rings. The molecular weight excluding hydrogens is 444 g/mol. The second-order valence-corrected chi connectivity index (χ2v) is 10.1. The van der Waals surface area contributed by atoms with E-state index in [1.54, 1.807) is 24.5 Å². The molecule has 1 fully saturated rings. The quantitative estimate of drug-likeness (QED) is 0.620. The van der Waals surface area contributed by atoms with E-state index >= 15 is 0 Å². The topological polar surface area (TPSA) is 92.3 Å². The number of pyridine rings is 1. The van der Waals surface area contributed by atoms with Crippen molar-refractivity contribution in [2.75, 3.05) is 18.4 Å². The smallest absolute Gasteiger partial charge is 0.243 e. The number of aromatic nitrogens is 2. The molecule has 1 saturated heterocycles. The summed E-state index contributed by atoms with van der Waals surface area (Å²) >= 11 is 7.20. The lowest BCUT2D eigenvalue weighted by atomic mass is 9.97. The largest absolute Gasteiger partial charge is 0.302 e. The molecule has 2 aromatic heterocycles. The van der Waals surface area contributed by atoms with Gasteiger partial charge in [-0.1, -0.05) is 11.6 Å². The van der Waals surface area contributed by atoms with Crippen molar-refractivity contribution in [2.24, 2.45) is 5.92 Å². The minimum atomic E-state index is -3.59. The fourth-order valence-electron chi connectivity index (χ4n) is 3.30. The summed E-state index contributed by atoms with van der Waals surface area (Å²) in [5, 5.41) is 5.74. The zero-order valence-electron chi connectivity index (χ0n) is 15.9. The van der Waals surface area contributed by atoms with E-state index in [0.29, 0.717) is 36.1 Å². The summed E-state index contributed by atoms with van der Waals surface area (Å²) in [4.78, 5) is 21.4. The number of piperidine rings is 1. The SMILES string of the molecule is O=C(Nc1nc(-c2cccnc2)cs1)C1CCN(S(=O)(=O)c2ccc(Cl)cc2)CC1. The highest BCUT2D eigenvalue weighted by molar-refractivity contribution is 7.89. The third-order valence-corrected chi connectivity index (χ3v) is 7.89. The Kier molecular flexibility index (Phi) is 6.14. The van der Waals surface area contributed by atoms with Gasteiger partial charge in [0.2, 0.25) is 15.9 Å². The fourth-order valence-corrected chi connectivity index (χ4v) is 5.62. The number of rotatable bonds is 5. The fraction of sp³-hybridized carbons (Fsp3) is 0.250. The Labute approximate surface area is 183 Å². The van der Waals surface area contributed by atoms with Crippen molar-refractivity contribution in [2.45, 2.75) is 17.7 Å². The van der Waals surface area contributed by atoms with Crippen molar-refractivity contribution in [1.82, 2.24) is 14.3 Å². The first-order valence-electron chi connectivity index (χ1n) is 9.36. The Morgan fingerprint density at radius 3 is 2.57 bits per heavy atom. The number of anilines is 1. The van der Waals surface area contributed by atoms with Crippen LogP contribution in [-0.4, -0.2) is 41.7 Å². The predicted octanol–water partition coefficient (Wildman–Crippen LogP) is 3.90. The molecule has 30 heavy (non-hydrogen) atoms. The van der Waals surface area contributed by atoms with Gasteiger partial charge in [-0.05, 0) is 49.2 Å². The van der Waals surface area contributed by atoms with Gasteiger partial charge in [0, 0.05) is 47.4 Å². The number of halogens is 1. The minimum absolute atomic E-state index is 0.134. The third kappa shape index (κ3) is 4.54. The van der Waals surface area contributed by atoms with E-state index in [2.05, 4.69) is 15.3 Å². The van der Waals surface area contributed by atoms with Crippen molar-refractivity contribution in [3.8, 4) is 11.3 Å². The zero-order chi connectivity index (χ0) is 21.1. The second-order valence-electron chi connectivity index (χ2n) is 6.90. The number of hydrogen-bond acceptors (Lipinski definition) is 6. The molecule has 3 heterocycles. The maximum Gasteiger partial charge on any atom is 0.243 e. The van der Waals surface area contributed by atoms with Crippen LogP contribution in [0.1, 0.15) is 12.8 Å². The van der Waals surface area contributed by atoms with E-state index in [-0.39, 0.29) is 16.7 Å². The van der Waals surface area contributed by atoms with Crippen molar-refractivity contribution in [3.05, 3.63) is 59.2 Å². The number of carbonyl (C=O) groups excluding carboxylic acids is 1. The molecule has 0 aliphatic carbocycles. The predicted molar refractivity (Wildman–Crippen MR) is 117 cm³/mol. The summed E-state index contributed by atoms with van der Waals surface area (Å²) in [6.07, 6.45) is 4.33. The Bertz CT molecular complexity index is 1130. The molecule has 1 amide bonds. The van der Waals surface area contributed by atoms with Crippen LogP contribution in [0.25, 0.3) is 11.3 Å². The molecular formula is C20H19ClN4O3S2. The Morgan fingerprint density at radius 1 is 1.17 bits per heavy atom. The number of hydrogen-bond donors (Lipinski definition) is 1. The van der Waals surface area contributed by atoms with E-state index < -0.39 is 10.0 Å². The number of nitrogens with zero attached hydrogens (tertiary/aromatic N) is 3. The van der Waals surface area contributed by atoms with Crippen LogP contribution in [0.3, 0.4) is 0 Å². The molecule has 1 N–H and O–H groups in total. The van der Waals surface area contributed by atoms with Gasteiger partial charge in [0.1, 0.15) is 0 Å². The molecule has 0 unspecified atom stereocenters. The Balaban J connectivity index is 1.36. The van der Waals surface area contributed by atoms with Gasteiger partial charge in [0.05, 0.1) is 10.6 Å². The number of carbonyl (C=O) groups is 1. The third-order valence-electron chi connectivity index (χ3n) is 4.97. The molecule has 0 spiro atoms. The van der Waals surface area contributed by atoms with Gasteiger partial charge < -0.3 is 5.32 Å². The van der Waals surface area contributed by atoms with Crippen LogP contribution in [0.5, 0.6) is 0 Å². The molecule has 7 nitrogen and oxygen atoms in total. The molecule has 0 radical (unpaired) electrons. The van der Waals surface area contributed by atoms with Crippen LogP contribution >= 0.6 is 22.9 Å². The average Bonchev–Trinajstić information content (AvgIpc) is 3.23. The van der Waals surface area contributed by atoms with Crippen LogP contribution < -0.4 is 5.32 Å². The molecule has 3 aromatic rings. The highest BCUT2D eigenvalue weighted by Gasteiger charge is 2.32. The van der Waals surface area contributed by atoms with Gasteiger partial charge >= 0.3 is 0 Å². The summed E-state index contributed by atoms with van der Waals surface area (Å²) < 4.78 is 27.0. The highest BCUT2D eigenvalue weighted by atomic mass is 35.5. The van der Waals surface area contributed by atoms with Crippen LogP contribution in [0.4, 0.5) is 5.13 Å². The van der Waals surface area contributed by atoms with Crippen molar-refractivity contribution < 1.29 is 13.2 Å². The molecule has 1 aliphatic heterocycles. The lowest BCUT2D eigenvalue weighted by Gasteiger charge is -2.30. The summed E-state index contributed by atoms with van der Waals surface area (Å²) in [5.74, 6) is -0.391. The van der Waals surface area contributed by atoms with E-state index in [4.69, 9.17) is 11.6 Å². The van der Waals surface area contributed by atoms with Crippen LogP contribution in [0.2, 0.25) is 5.02 Å². The van der Waals surface area contributed by atoms with E-state index in [1.807, 2.05) is 17.5 Å². The first-order chi connectivity index (χ1) is 14.4. The van der Waals surface area contributed by atoms with Gasteiger partial charge in [-0.15, -0.1) is 11.3 Å². The zero-order valence-corrected chi connectivity index (χ0v) is 18.3. The molecule has 0 bridgehead atoms. The number of nitrogens with one attached hydrogen (secondary N) is 1. The summed E-state index contributed by atoms with van der Waals surface area (Å²) in [7, 11) is -3.59. The van der Waals surface area contributed by atoms with E-state index in [9.17, 15) is 13.2 Å². The first kappa shape index (κ1) is 20.9. The monoisotopic (exact) mass is 462 g/mol. The average molecular weight is 463 g/mol. The lowest BCUT2D eigenvalue weighted by Crippen LogP contribution is -2.41. The number of benzene rings is 1. The normalized spacial score (nSPS) is 15.8. The van der Waals surface area contributed by atoms with Crippen LogP contribution in [0, 0.1) is 5.92 Å². The Morgan fingerprint density at radius 2 is 1.90 bits per heavy atom. The van der Waals surface area contributed by atoms with Gasteiger partial charge in [-0.2, -0.15) is 4.31 Å². The maximum absolute atomic E-state index is 12.8. The first-order valence-corrected chi connectivity index (χ1v) is 12.1. The molecule has 10 heteroatoms. The van der Waals surface area contributed by atoms with E-state index in [1.165, 1.54) is 27.8 Å². The maximum atomic E-state index is 12.8.